The first-order chi connectivity index (χ1) is 8.28. The highest BCUT2D eigenvalue weighted by Gasteiger charge is 2.40. The van der Waals surface area contributed by atoms with Crippen LogP contribution in [0.5, 0.6) is 0 Å². The lowest BCUT2D eigenvalue weighted by Crippen LogP contribution is -2.15. The minimum Gasteiger partial charge on any atom is -0.466 e. The molecule has 0 aromatic heterocycles. The molecule has 0 spiro atoms. The average molecular weight is 296 g/mol. The van der Waals surface area contributed by atoms with Gasteiger partial charge in [0, 0.05) is 0 Å². The fourth-order valence-electron chi connectivity index (χ4n) is 2.07. The molecule has 0 N–H and O–H groups in total. The van der Waals surface area contributed by atoms with Crippen LogP contribution in [0.15, 0.2) is 0 Å². The molecule has 0 saturated heterocycles. The van der Waals surface area contributed by atoms with E-state index in [9.17, 15) is 9.36 Å². The van der Waals surface area contributed by atoms with Crippen LogP contribution in [-0.4, -0.2) is 36.7 Å². The molecule has 0 amide bonds. The Hall–Kier alpha value is 0.0900. The van der Waals surface area contributed by atoms with E-state index < -0.39 is 20.6 Å². The molecule has 0 radical (unpaired) electrons. The van der Waals surface area contributed by atoms with Gasteiger partial charge in [-0.2, -0.15) is 0 Å². The average Bonchev–Trinajstić information content (AvgIpc) is 2.15. The zero-order valence-corrected chi connectivity index (χ0v) is 14.1. The Labute approximate surface area is 112 Å². The maximum atomic E-state index is 13.0. The van der Waals surface area contributed by atoms with Crippen molar-refractivity contribution in [3.05, 3.63) is 0 Å². The van der Waals surface area contributed by atoms with Crippen molar-refractivity contribution in [2.75, 3.05) is 19.4 Å². The number of hydrogen-bond acceptors (Lipinski definition) is 4. The van der Waals surface area contributed by atoms with E-state index in [4.69, 9.17) is 9.26 Å². The molecule has 0 rings (SSSR count). The number of carbonyl (C=O) groups excluding carboxylic acids is 1. The highest BCUT2D eigenvalue weighted by atomic mass is 32.1. The Kier molecular flexibility index (Phi) is 8.34. The monoisotopic (exact) mass is 296 g/mol. The summed E-state index contributed by atoms with van der Waals surface area (Å²) in [6, 6.07) is 0. The molecule has 0 aromatic carbocycles. The fourth-order valence-corrected chi connectivity index (χ4v) is 11.7. The molecule has 0 fully saturated rings. The van der Waals surface area contributed by atoms with E-state index in [1.807, 2.05) is 34.6 Å². The lowest BCUT2D eigenvalue weighted by Gasteiger charge is -2.32. The molecule has 1 unspecified atom stereocenters. The van der Waals surface area contributed by atoms with Gasteiger partial charge in [0.2, 0.25) is 7.06 Å². The molecule has 0 saturated carbocycles. The number of hydrogen-bond donors (Lipinski definition) is 0. The second-order valence-electron chi connectivity index (χ2n) is 4.59. The van der Waals surface area contributed by atoms with Crippen LogP contribution in [-0.2, 0) is 18.6 Å². The Bertz CT molecular complexity index is 294. The van der Waals surface area contributed by atoms with Crippen molar-refractivity contribution in [3.63, 3.8) is 0 Å². The summed E-state index contributed by atoms with van der Waals surface area (Å²) < 4.78 is 23.4. The standard InChI is InChI=1S/C12H26O4P2/c1-7-15-12(13)9-18(14,16-8-2)17(10(3)4)11(5)6/h10-11H,7-9H2,1-6H3. The number of esters is 1. The summed E-state index contributed by atoms with van der Waals surface area (Å²) in [6.45, 7) is 12.4. The van der Waals surface area contributed by atoms with Gasteiger partial charge < -0.3 is 9.26 Å². The summed E-state index contributed by atoms with van der Waals surface area (Å²) in [4.78, 5) is 11.6. The summed E-state index contributed by atoms with van der Waals surface area (Å²) in [5.74, 6) is -0.414. The number of rotatable bonds is 8. The lowest BCUT2D eigenvalue weighted by atomic mass is 10.5. The zero-order valence-electron chi connectivity index (χ0n) is 12.3. The van der Waals surface area contributed by atoms with Crippen LogP contribution in [0.2, 0.25) is 0 Å². The van der Waals surface area contributed by atoms with Gasteiger partial charge in [0.25, 0.3) is 0 Å². The first-order valence-corrected chi connectivity index (χ1v) is 10.5. The third-order valence-corrected chi connectivity index (χ3v) is 12.2. The molecule has 0 aliphatic carbocycles. The van der Waals surface area contributed by atoms with Crippen LogP contribution in [0, 0.1) is 0 Å². The van der Waals surface area contributed by atoms with Crippen LogP contribution >= 0.6 is 14.7 Å². The lowest BCUT2D eigenvalue weighted by molar-refractivity contribution is -0.140. The normalized spacial score (nSPS) is 15.2. The highest BCUT2D eigenvalue weighted by molar-refractivity contribution is 8.31. The molecule has 0 heterocycles. The van der Waals surface area contributed by atoms with Gasteiger partial charge in [-0.1, -0.05) is 27.7 Å². The van der Waals surface area contributed by atoms with E-state index >= 15 is 0 Å². The summed E-state index contributed by atoms with van der Waals surface area (Å²) in [5, 5.41) is 0. The number of carbonyl (C=O) groups is 1. The van der Waals surface area contributed by atoms with E-state index in [0.717, 1.165) is 0 Å². The van der Waals surface area contributed by atoms with E-state index in [2.05, 4.69) is 0 Å². The molecule has 0 bridgehead atoms. The molecular weight excluding hydrogens is 270 g/mol. The molecule has 0 aliphatic heterocycles. The SMILES string of the molecule is CCOC(=O)CP(=O)(OCC)P(C(C)C)C(C)C. The van der Waals surface area contributed by atoms with Crippen molar-refractivity contribution in [1.29, 1.82) is 0 Å². The van der Waals surface area contributed by atoms with Crippen LogP contribution in [0.3, 0.4) is 0 Å². The van der Waals surface area contributed by atoms with Crippen LogP contribution in [0.1, 0.15) is 41.5 Å². The predicted molar refractivity (Wildman–Crippen MR) is 77.9 cm³/mol. The van der Waals surface area contributed by atoms with Gasteiger partial charge in [0.15, 0.2) is 0 Å². The third-order valence-electron chi connectivity index (χ3n) is 2.38. The molecule has 108 valence electrons. The topological polar surface area (TPSA) is 52.6 Å². The molecular formula is C12H26O4P2. The summed E-state index contributed by atoms with van der Waals surface area (Å²) in [7, 11) is -3.78. The summed E-state index contributed by atoms with van der Waals surface area (Å²) in [6.07, 6.45) is -0.0866. The van der Waals surface area contributed by atoms with Gasteiger partial charge in [-0.05, 0) is 32.8 Å². The molecule has 0 aliphatic rings. The summed E-state index contributed by atoms with van der Waals surface area (Å²) >= 11 is 0. The first-order valence-electron chi connectivity index (χ1n) is 6.46. The van der Waals surface area contributed by atoms with Crippen molar-refractivity contribution in [2.24, 2.45) is 0 Å². The van der Waals surface area contributed by atoms with Crippen molar-refractivity contribution >= 4 is 20.6 Å². The maximum absolute atomic E-state index is 13.0. The van der Waals surface area contributed by atoms with Gasteiger partial charge in [-0.15, -0.1) is 0 Å². The van der Waals surface area contributed by atoms with Gasteiger partial charge in [0.1, 0.15) is 6.16 Å². The number of ether oxygens (including phenoxy) is 1. The quantitative estimate of drug-likeness (QED) is 0.500. The van der Waals surface area contributed by atoms with E-state index in [0.29, 0.717) is 13.2 Å². The molecule has 6 heteroatoms. The summed E-state index contributed by atoms with van der Waals surface area (Å²) in [5.41, 5.74) is 0.540. The third kappa shape index (κ3) is 5.38. The van der Waals surface area contributed by atoms with Gasteiger partial charge >= 0.3 is 5.97 Å². The molecule has 1 atom stereocenters. The van der Waals surface area contributed by atoms with Crippen molar-refractivity contribution in [1.82, 2.24) is 0 Å². The maximum Gasteiger partial charge on any atom is 0.315 e. The van der Waals surface area contributed by atoms with E-state index in [1.54, 1.807) is 6.92 Å². The van der Waals surface area contributed by atoms with Crippen LogP contribution < -0.4 is 0 Å². The van der Waals surface area contributed by atoms with E-state index in [1.165, 1.54) is 0 Å². The largest absolute Gasteiger partial charge is 0.466 e. The molecule has 18 heavy (non-hydrogen) atoms. The minimum absolute atomic E-state index is 0.0866. The Morgan fingerprint density at radius 2 is 1.61 bits per heavy atom. The second-order valence-corrected chi connectivity index (χ2v) is 12.5. The van der Waals surface area contributed by atoms with E-state index in [-0.39, 0.29) is 17.5 Å². The van der Waals surface area contributed by atoms with Crippen molar-refractivity contribution in [3.8, 4) is 0 Å². The zero-order chi connectivity index (χ0) is 14.3. The smallest absolute Gasteiger partial charge is 0.315 e. The first kappa shape index (κ1) is 18.1. The van der Waals surface area contributed by atoms with Gasteiger partial charge in [-0.3, -0.25) is 9.36 Å². The minimum atomic E-state index is -2.94. The van der Waals surface area contributed by atoms with Crippen LogP contribution in [0.25, 0.3) is 0 Å². The predicted octanol–water partition coefficient (Wildman–Crippen LogP) is 4.08. The van der Waals surface area contributed by atoms with Gasteiger partial charge in [0.05, 0.1) is 13.2 Å². The van der Waals surface area contributed by atoms with Gasteiger partial charge in [-0.25, -0.2) is 0 Å². The second kappa shape index (κ2) is 8.30. The Morgan fingerprint density at radius 1 is 1.11 bits per heavy atom. The van der Waals surface area contributed by atoms with Crippen molar-refractivity contribution in [2.45, 2.75) is 52.9 Å². The highest BCUT2D eigenvalue weighted by Crippen LogP contribution is 2.79. The Balaban J connectivity index is 5.09. The molecule has 4 nitrogen and oxygen atoms in total. The molecule has 0 aromatic rings. The fraction of sp³-hybridized carbons (Fsp3) is 0.917. The van der Waals surface area contributed by atoms with Crippen molar-refractivity contribution < 1.29 is 18.6 Å². The van der Waals surface area contributed by atoms with Crippen LogP contribution in [0.4, 0.5) is 0 Å². The Morgan fingerprint density at radius 3 is 1.94 bits per heavy atom.